The van der Waals surface area contributed by atoms with Crippen LogP contribution in [0.4, 0.5) is 5.69 Å². The smallest absolute Gasteiger partial charge is 0.257 e. The van der Waals surface area contributed by atoms with Gasteiger partial charge < -0.3 is 15.0 Å². The van der Waals surface area contributed by atoms with Gasteiger partial charge in [0, 0.05) is 34.8 Å². The van der Waals surface area contributed by atoms with E-state index in [1.165, 1.54) is 0 Å². The molecule has 0 bridgehead atoms. The Morgan fingerprint density at radius 2 is 1.84 bits per heavy atom. The van der Waals surface area contributed by atoms with E-state index in [4.69, 9.17) is 9.72 Å². The summed E-state index contributed by atoms with van der Waals surface area (Å²) in [5.74, 6) is 0.351. The van der Waals surface area contributed by atoms with Crippen molar-refractivity contribution in [2.45, 2.75) is 20.8 Å². The topological polar surface area (TPSA) is 97.0 Å². The van der Waals surface area contributed by atoms with Crippen molar-refractivity contribution in [1.82, 2.24) is 15.0 Å². The molecule has 3 aromatic heterocycles. The lowest BCUT2D eigenvalue weighted by molar-refractivity contribution is -0.123. The highest BCUT2D eigenvalue weighted by molar-refractivity contribution is 6.03. The summed E-state index contributed by atoms with van der Waals surface area (Å²) in [6.07, 6.45) is 3.29. The number of carbonyl (C=O) groups is 1. The second-order valence-corrected chi connectivity index (χ2v) is 8.46. The van der Waals surface area contributed by atoms with Crippen molar-refractivity contribution in [3.63, 3.8) is 0 Å². The third kappa shape index (κ3) is 4.09. The van der Waals surface area contributed by atoms with Crippen LogP contribution in [0.1, 0.15) is 20.8 Å². The normalized spacial score (nSPS) is 11.4. The highest BCUT2D eigenvalue weighted by atomic mass is 16.5. The van der Waals surface area contributed by atoms with Gasteiger partial charge >= 0.3 is 0 Å². The van der Waals surface area contributed by atoms with Gasteiger partial charge in [-0.2, -0.15) is 0 Å². The number of carbonyl (C=O) groups excluding carboxylic acids is 1. The molecule has 7 nitrogen and oxygen atoms in total. The molecule has 0 saturated heterocycles. The molecule has 0 atom stereocenters. The molecule has 3 heterocycles. The summed E-state index contributed by atoms with van der Waals surface area (Å²) in [7, 11) is 1.54. The van der Waals surface area contributed by atoms with Crippen LogP contribution in [0.5, 0.6) is 5.75 Å². The third-order valence-corrected chi connectivity index (χ3v) is 5.09. The van der Waals surface area contributed by atoms with Gasteiger partial charge in [-0.05, 0) is 36.4 Å². The number of methoxy groups -OCH3 is 1. The predicted octanol–water partition coefficient (Wildman–Crippen LogP) is 4.65. The number of amides is 1. The van der Waals surface area contributed by atoms with Crippen LogP contribution in [0.3, 0.4) is 0 Å². The number of hydrogen-bond donors (Lipinski definition) is 2. The van der Waals surface area contributed by atoms with Crippen LogP contribution < -0.4 is 15.6 Å². The highest BCUT2D eigenvalue weighted by Gasteiger charge is 2.23. The fourth-order valence-corrected chi connectivity index (χ4v) is 3.33. The quantitative estimate of drug-likeness (QED) is 0.493. The lowest BCUT2D eigenvalue weighted by Gasteiger charge is -2.20. The SMILES string of the molecule is COc1cc2nc(-c3ccc[nH]c3=O)cc(-c3ccccn3)c2cc1NC(=O)C(C)(C)C. The van der Waals surface area contributed by atoms with E-state index in [-0.39, 0.29) is 11.5 Å². The lowest BCUT2D eigenvalue weighted by Crippen LogP contribution is -2.27. The maximum Gasteiger partial charge on any atom is 0.257 e. The van der Waals surface area contributed by atoms with Gasteiger partial charge in [0.2, 0.25) is 5.91 Å². The molecule has 1 aromatic carbocycles. The standard InChI is InChI=1S/C25H24N4O3/c1-25(2,3)24(31)29-21-13-17-16(18-9-5-6-10-26-18)12-19(15-8-7-11-27-23(15)30)28-20(17)14-22(21)32-4/h5-14H,1-4H3,(H,27,30)(H,29,31). The van der Waals surface area contributed by atoms with Crippen molar-refractivity contribution < 1.29 is 9.53 Å². The molecule has 4 aromatic rings. The van der Waals surface area contributed by atoms with Gasteiger partial charge in [0.05, 0.1) is 35.3 Å². The third-order valence-electron chi connectivity index (χ3n) is 5.09. The molecule has 162 valence electrons. The van der Waals surface area contributed by atoms with Crippen molar-refractivity contribution in [2.75, 3.05) is 12.4 Å². The van der Waals surface area contributed by atoms with Gasteiger partial charge in [-0.25, -0.2) is 4.98 Å². The van der Waals surface area contributed by atoms with Gasteiger partial charge in [0.15, 0.2) is 0 Å². The number of nitrogens with one attached hydrogen (secondary N) is 2. The molecule has 32 heavy (non-hydrogen) atoms. The van der Waals surface area contributed by atoms with Crippen LogP contribution in [0.15, 0.2) is 65.7 Å². The van der Waals surface area contributed by atoms with Crippen molar-refractivity contribution in [1.29, 1.82) is 0 Å². The Bertz CT molecular complexity index is 1360. The predicted molar refractivity (Wildman–Crippen MR) is 126 cm³/mol. The van der Waals surface area contributed by atoms with Gasteiger partial charge in [-0.3, -0.25) is 14.6 Å². The number of ether oxygens (including phenoxy) is 1. The van der Waals surface area contributed by atoms with Gasteiger partial charge in [0.25, 0.3) is 5.56 Å². The molecule has 1 amide bonds. The highest BCUT2D eigenvalue weighted by Crippen LogP contribution is 2.37. The number of H-pyrrole nitrogens is 1. The maximum absolute atomic E-state index is 12.6. The molecule has 0 saturated carbocycles. The summed E-state index contributed by atoms with van der Waals surface area (Å²) < 4.78 is 5.54. The lowest BCUT2D eigenvalue weighted by atomic mass is 9.95. The van der Waals surface area contributed by atoms with Crippen LogP contribution in [0.25, 0.3) is 33.4 Å². The van der Waals surface area contributed by atoms with Crippen LogP contribution in [-0.2, 0) is 4.79 Å². The van der Waals surface area contributed by atoms with Crippen LogP contribution in [0.2, 0.25) is 0 Å². The Balaban J connectivity index is 1.99. The molecule has 0 fully saturated rings. The average Bonchev–Trinajstić information content (AvgIpc) is 2.78. The fraction of sp³-hybridized carbons (Fsp3) is 0.200. The molecular weight excluding hydrogens is 404 g/mol. The molecule has 0 radical (unpaired) electrons. The number of aromatic nitrogens is 3. The molecule has 2 N–H and O–H groups in total. The van der Waals surface area contributed by atoms with E-state index >= 15 is 0 Å². The molecule has 4 rings (SSSR count). The fourth-order valence-electron chi connectivity index (χ4n) is 3.33. The minimum absolute atomic E-state index is 0.130. The number of rotatable bonds is 4. The van der Waals surface area contributed by atoms with Crippen LogP contribution in [-0.4, -0.2) is 28.0 Å². The zero-order chi connectivity index (χ0) is 22.9. The second-order valence-electron chi connectivity index (χ2n) is 8.46. The molecule has 0 spiro atoms. The van der Waals surface area contributed by atoms with E-state index in [0.29, 0.717) is 28.2 Å². The number of hydrogen-bond acceptors (Lipinski definition) is 5. The summed E-state index contributed by atoms with van der Waals surface area (Å²) in [5.41, 5.74) is 2.87. The number of nitrogens with zero attached hydrogens (tertiary/aromatic N) is 2. The molecular formula is C25H24N4O3. The first-order valence-electron chi connectivity index (χ1n) is 10.2. The van der Waals surface area contributed by atoms with E-state index < -0.39 is 5.41 Å². The number of benzene rings is 1. The Kier molecular flexibility index (Phi) is 5.48. The zero-order valence-electron chi connectivity index (χ0n) is 18.4. The number of fused-ring (bicyclic) bond motifs is 1. The summed E-state index contributed by atoms with van der Waals surface area (Å²) in [6.45, 7) is 5.54. The summed E-state index contributed by atoms with van der Waals surface area (Å²) >= 11 is 0. The number of aromatic amines is 1. The van der Waals surface area contributed by atoms with Gasteiger partial charge in [-0.1, -0.05) is 26.8 Å². The largest absolute Gasteiger partial charge is 0.494 e. The van der Waals surface area contributed by atoms with Crippen molar-refractivity contribution >= 4 is 22.5 Å². The van der Waals surface area contributed by atoms with Crippen LogP contribution in [0, 0.1) is 5.41 Å². The van der Waals surface area contributed by atoms with E-state index in [1.807, 2.05) is 51.1 Å². The summed E-state index contributed by atoms with van der Waals surface area (Å²) in [5, 5.41) is 3.74. The number of pyridine rings is 3. The van der Waals surface area contributed by atoms with Crippen molar-refractivity contribution in [3.05, 3.63) is 71.3 Å². The van der Waals surface area contributed by atoms with E-state index in [9.17, 15) is 9.59 Å². The molecule has 0 unspecified atom stereocenters. The Morgan fingerprint density at radius 3 is 2.50 bits per heavy atom. The minimum Gasteiger partial charge on any atom is -0.494 e. The van der Waals surface area contributed by atoms with Crippen LogP contribution >= 0.6 is 0 Å². The summed E-state index contributed by atoms with van der Waals surface area (Å²) in [4.78, 5) is 37.0. The van der Waals surface area contributed by atoms with Crippen molar-refractivity contribution in [3.8, 4) is 28.3 Å². The number of anilines is 1. The monoisotopic (exact) mass is 428 g/mol. The van der Waals surface area contributed by atoms with E-state index in [2.05, 4.69) is 15.3 Å². The molecule has 7 heteroatoms. The first-order chi connectivity index (χ1) is 15.3. The zero-order valence-corrected chi connectivity index (χ0v) is 18.4. The van der Waals surface area contributed by atoms with E-state index in [1.54, 1.807) is 37.7 Å². The Hall–Kier alpha value is -4.00. The second kappa shape index (κ2) is 8.26. The Morgan fingerprint density at radius 1 is 1.03 bits per heavy atom. The summed E-state index contributed by atoms with van der Waals surface area (Å²) in [6, 6.07) is 14.6. The average molecular weight is 428 g/mol. The first kappa shape index (κ1) is 21.2. The molecule has 0 aliphatic heterocycles. The van der Waals surface area contributed by atoms with Gasteiger partial charge in [-0.15, -0.1) is 0 Å². The maximum atomic E-state index is 12.6. The minimum atomic E-state index is -0.569. The molecule has 0 aliphatic rings. The molecule has 0 aliphatic carbocycles. The Labute approximate surface area is 185 Å². The van der Waals surface area contributed by atoms with E-state index in [0.717, 1.165) is 16.6 Å². The van der Waals surface area contributed by atoms with Gasteiger partial charge in [0.1, 0.15) is 5.75 Å². The van der Waals surface area contributed by atoms with Crippen molar-refractivity contribution in [2.24, 2.45) is 5.41 Å². The first-order valence-corrected chi connectivity index (χ1v) is 10.2.